The number of aliphatic hydroxyl groups excluding tert-OH is 2. The number of carbonyl (C=O) groups excluding carboxylic acids is 1. The fraction of sp³-hybridized carbons (Fsp3) is 0.824. The summed E-state index contributed by atoms with van der Waals surface area (Å²) in [5, 5.41) is 5.00. The fourth-order valence-corrected chi connectivity index (χ4v) is 7.04. The largest absolute Gasteiger partial charge is 0.512 e. The Morgan fingerprint density at radius 1 is 0.900 bits per heavy atom. The van der Waals surface area contributed by atoms with Gasteiger partial charge in [0.05, 0.1) is 17.8 Å². The summed E-state index contributed by atoms with van der Waals surface area (Å²) in [4.78, 5) is 12.3. The molecule has 0 bridgehead atoms. The average molecular weight is 667 g/mol. The number of hydrogen-bond donors (Lipinski definition) is 3. The monoisotopic (exact) mass is 666 g/mol. The maximum absolute atomic E-state index is 14.4. The van der Waals surface area contributed by atoms with Crippen LogP contribution in [-0.4, -0.2) is 87.2 Å². The van der Waals surface area contributed by atoms with Gasteiger partial charge < -0.3 is 10.2 Å². The molecular weight excluding hydrogens is 643 g/mol. The lowest BCUT2D eigenvalue weighted by molar-refractivity contribution is -0.245. The van der Waals surface area contributed by atoms with Gasteiger partial charge in [-0.05, 0) is 19.3 Å². The van der Waals surface area contributed by atoms with E-state index in [1.54, 1.807) is 0 Å². The molecule has 0 aliphatic carbocycles. The highest BCUT2D eigenvalue weighted by molar-refractivity contribution is 8.05. The van der Waals surface area contributed by atoms with Crippen molar-refractivity contribution < 1.29 is 79.8 Å². The van der Waals surface area contributed by atoms with Crippen molar-refractivity contribution in [2.24, 2.45) is 11.3 Å². The van der Waals surface area contributed by atoms with E-state index >= 15 is 0 Å². The number of allylic oxidation sites excluding steroid dienone is 2. The van der Waals surface area contributed by atoms with Crippen LogP contribution in [0.5, 0.6) is 0 Å². The normalized spacial score (nSPS) is 19.9. The Kier molecular flexibility index (Phi) is 10.2. The zero-order valence-corrected chi connectivity index (χ0v) is 22.7. The summed E-state index contributed by atoms with van der Waals surface area (Å²) >= 11 is 0. The number of nitrogens with zero attached hydrogens (tertiary/aromatic N) is 1. The molecule has 1 saturated heterocycles. The van der Waals surface area contributed by atoms with Crippen LogP contribution >= 0.6 is 0 Å². The van der Waals surface area contributed by atoms with Gasteiger partial charge in [-0.1, -0.05) is 18.0 Å². The molecule has 0 amide bonds. The highest BCUT2D eigenvalue weighted by atomic mass is 32.3. The van der Waals surface area contributed by atoms with E-state index in [1.165, 1.54) is 13.8 Å². The second kappa shape index (κ2) is 11.2. The SMILES string of the molecule is CCC(C)(CO)C(=O)/C=C(\O)C1CCN(S(=O)(=O)C(F)(F)C(F)(F)C(F)(F)S(=O)(=O)NS(=O)(=O)C(F)(F)F)CC1. The van der Waals surface area contributed by atoms with Crippen molar-refractivity contribution in [3.05, 3.63) is 11.8 Å². The van der Waals surface area contributed by atoms with E-state index in [1.807, 2.05) is 0 Å². The van der Waals surface area contributed by atoms with Crippen molar-refractivity contribution in [3.8, 4) is 0 Å². The van der Waals surface area contributed by atoms with Gasteiger partial charge in [0, 0.05) is 25.1 Å². The van der Waals surface area contributed by atoms with Crippen molar-refractivity contribution in [1.82, 2.24) is 8.43 Å². The second-order valence-corrected chi connectivity index (χ2v) is 14.5. The van der Waals surface area contributed by atoms with Crippen LogP contribution < -0.4 is 4.13 Å². The van der Waals surface area contributed by atoms with Crippen LogP contribution in [0.15, 0.2) is 11.8 Å². The van der Waals surface area contributed by atoms with Crippen molar-refractivity contribution in [2.45, 2.75) is 55.0 Å². The molecule has 1 unspecified atom stereocenters. The first-order valence-corrected chi connectivity index (χ1v) is 15.0. The number of piperidine rings is 1. The van der Waals surface area contributed by atoms with Crippen LogP contribution in [0, 0.1) is 11.3 Å². The molecule has 0 radical (unpaired) electrons. The predicted octanol–water partition coefficient (Wildman–Crippen LogP) is 2.04. The Hall–Kier alpha value is -1.69. The summed E-state index contributed by atoms with van der Waals surface area (Å²) in [5.74, 6) is -10.2. The standard InChI is InChI=1S/C17H23F9N2O9S3/c1-3-13(2,9-29)12(31)8-11(30)10-4-6-28(7-5-10)40(36,37)16(22,23)14(18,19)15(20,21)38(32,33)27-39(34,35)17(24,25)26/h8,10,27,29-30H,3-7,9H2,1-2H3/b11-8-. The molecule has 0 aromatic rings. The van der Waals surface area contributed by atoms with Gasteiger partial charge in [0.2, 0.25) is 0 Å². The maximum atomic E-state index is 14.4. The highest BCUT2D eigenvalue weighted by Crippen LogP contribution is 2.52. The summed E-state index contributed by atoms with van der Waals surface area (Å²) in [7, 11) is -22.2. The van der Waals surface area contributed by atoms with Crippen LogP contribution in [0.3, 0.4) is 0 Å². The molecule has 0 aromatic carbocycles. The van der Waals surface area contributed by atoms with E-state index in [9.17, 15) is 79.8 Å². The van der Waals surface area contributed by atoms with E-state index < -0.39 is 116 Å². The molecule has 236 valence electrons. The molecular formula is C17H23F9N2O9S3. The summed E-state index contributed by atoms with van der Waals surface area (Å²) in [6.45, 7) is -0.118. The maximum Gasteiger partial charge on any atom is 0.512 e. The molecule has 1 atom stereocenters. The van der Waals surface area contributed by atoms with Gasteiger partial charge in [-0.3, -0.25) is 4.79 Å². The Morgan fingerprint density at radius 3 is 1.73 bits per heavy atom. The zero-order chi connectivity index (χ0) is 32.0. The van der Waals surface area contributed by atoms with E-state index in [4.69, 9.17) is 0 Å². The predicted molar refractivity (Wildman–Crippen MR) is 116 cm³/mol. The molecule has 3 N–H and O–H groups in total. The average Bonchev–Trinajstić information content (AvgIpc) is 2.81. The third kappa shape index (κ3) is 6.22. The number of aliphatic hydroxyl groups is 2. The van der Waals surface area contributed by atoms with Gasteiger partial charge in [0.15, 0.2) is 5.78 Å². The molecule has 0 spiro atoms. The third-order valence-electron chi connectivity index (χ3n) is 6.13. The van der Waals surface area contributed by atoms with E-state index in [-0.39, 0.29) is 6.42 Å². The third-order valence-corrected chi connectivity index (χ3v) is 11.4. The van der Waals surface area contributed by atoms with Crippen molar-refractivity contribution in [3.63, 3.8) is 0 Å². The molecule has 1 heterocycles. The second-order valence-electron chi connectivity index (χ2n) is 8.83. The number of ketones is 1. The van der Waals surface area contributed by atoms with Gasteiger partial charge in [0.25, 0.3) is 20.0 Å². The minimum Gasteiger partial charge on any atom is -0.512 e. The van der Waals surface area contributed by atoms with Crippen molar-refractivity contribution >= 4 is 35.9 Å². The zero-order valence-electron chi connectivity index (χ0n) is 20.2. The quantitative estimate of drug-likeness (QED) is 0.160. The number of rotatable bonds is 12. The lowest BCUT2D eigenvalue weighted by Crippen LogP contribution is -2.65. The smallest absolute Gasteiger partial charge is 0.512 e. The number of carbonyl (C=O) groups is 1. The Balaban J connectivity index is 3.28. The van der Waals surface area contributed by atoms with Gasteiger partial charge in [0.1, 0.15) is 0 Å². The number of sulfonamides is 3. The van der Waals surface area contributed by atoms with E-state index in [2.05, 4.69) is 0 Å². The van der Waals surface area contributed by atoms with Crippen molar-refractivity contribution in [2.75, 3.05) is 19.7 Å². The number of halogens is 9. The topological polar surface area (TPSA) is 175 Å². The van der Waals surface area contributed by atoms with Crippen LogP contribution in [0.25, 0.3) is 0 Å². The van der Waals surface area contributed by atoms with Crippen LogP contribution in [0.1, 0.15) is 33.1 Å². The molecule has 40 heavy (non-hydrogen) atoms. The number of nitrogens with one attached hydrogen (secondary N) is 1. The van der Waals surface area contributed by atoms with Gasteiger partial charge in [-0.25, -0.2) is 25.3 Å². The summed E-state index contributed by atoms with van der Waals surface area (Å²) in [6, 6.07) is 0. The first-order valence-electron chi connectivity index (χ1n) is 10.6. The fourth-order valence-electron chi connectivity index (χ4n) is 3.09. The van der Waals surface area contributed by atoms with Gasteiger partial charge in [-0.2, -0.15) is 43.8 Å². The molecule has 0 aromatic heterocycles. The molecule has 1 fully saturated rings. The van der Waals surface area contributed by atoms with Gasteiger partial charge >= 0.3 is 32.0 Å². The number of alkyl halides is 9. The summed E-state index contributed by atoms with van der Waals surface area (Å²) < 4.78 is 190. The van der Waals surface area contributed by atoms with E-state index in [0.29, 0.717) is 6.08 Å². The van der Waals surface area contributed by atoms with E-state index in [0.717, 1.165) is 0 Å². The summed E-state index contributed by atoms with van der Waals surface area (Å²) in [5.41, 5.74) is -8.01. The highest BCUT2D eigenvalue weighted by Gasteiger charge is 2.83. The molecule has 0 saturated carbocycles. The number of hydrogen-bond acceptors (Lipinski definition) is 9. The minimum absolute atomic E-state index is 0.115. The first-order chi connectivity index (χ1) is 17.6. The minimum atomic E-state index is -7.88. The first kappa shape index (κ1) is 36.3. The summed E-state index contributed by atoms with van der Waals surface area (Å²) in [6.07, 6.45) is -0.522. The Bertz CT molecular complexity index is 1320. The van der Waals surface area contributed by atoms with Gasteiger partial charge in [-0.15, -0.1) is 0 Å². The molecule has 1 rings (SSSR count). The van der Waals surface area contributed by atoms with Crippen molar-refractivity contribution in [1.29, 1.82) is 0 Å². The molecule has 11 nitrogen and oxygen atoms in total. The Morgan fingerprint density at radius 2 is 1.35 bits per heavy atom. The molecule has 23 heteroatoms. The lowest BCUT2D eigenvalue weighted by atomic mass is 9.82. The lowest BCUT2D eigenvalue weighted by Gasteiger charge is -2.37. The van der Waals surface area contributed by atoms with Crippen LogP contribution in [0.2, 0.25) is 0 Å². The van der Waals surface area contributed by atoms with Crippen LogP contribution in [-0.2, 0) is 34.9 Å². The van der Waals surface area contributed by atoms with Crippen LogP contribution in [0.4, 0.5) is 39.5 Å². The molecule has 1 aliphatic rings. The molecule has 1 aliphatic heterocycles. The Labute approximate surface area is 222 Å².